The molecule has 0 unspecified atom stereocenters. The molecular formula is C11H8FN3O. The van der Waals surface area contributed by atoms with E-state index in [0.29, 0.717) is 17.7 Å². The molecule has 0 aliphatic heterocycles. The lowest BCUT2D eigenvalue weighted by molar-refractivity contribution is 0.112. The van der Waals surface area contributed by atoms with Gasteiger partial charge in [-0.15, -0.1) is 0 Å². The van der Waals surface area contributed by atoms with Crippen LogP contribution in [0.25, 0.3) is 11.4 Å². The topological polar surface area (TPSA) is 68.9 Å². The minimum Gasteiger partial charge on any atom is -0.383 e. The molecule has 2 rings (SSSR count). The average Bonchev–Trinajstić information content (AvgIpc) is 2.30. The maximum Gasteiger partial charge on any atom is 0.161 e. The van der Waals surface area contributed by atoms with Crippen molar-refractivity contribution in [1.82, 2.24) is 9.97 Å². The van der Waals surface area contributed by atoms with Gasteiger partial charge in [0.25, 0.3) is 0 Å². The summed E-state index contributed by atoms with van der Waals surface area (Å²) in [6.07, 6.45) is 1.93. The van der Waals surface area contributed by atoms with Crippen LogP contribution >= 0.6 is 0 Å². The van der Waals surface area contributed by atoms with Crippen molar-refractivity contribution in [2.75, 3.05) is 5.73 Å². The summed E-state index contributed by atoms with van der Waals surface area (Å²) in [4.78, 5) is 18.4. The lowest BCUT2D eigenvalue weighted by Crippen LogP contribution is -2.00. The minimum absolute atomic E-state index is 0.115. The molecule has 0 saturated heterocycles. The molecule has 0 aliphatic carbocycles. The minimum atomic E-state index is -0.332. The number of nitrogens with zero attached hydrogens (tertiary/aromatic N) is 2. The van der Waals surface area contributed by atoms with Crippen molar-refractivity contribution >= 4 is 12.1 Å². The molecule has 16 heavy (non-hydrogen) atoms. The second kappa shape index (κ2) is 4.06. The summed E-state index contributed by atoms with van der Waals surface area (Å²) in [5.74, 6) is 0.147. The number of rotatable bonds is 2. The molecule has 1 aromatic heterocycles. The number of halogens is 1. The predicted octanol–water partition coefficient (Wildman–Crippen LogP) is 1.68. The smallest absolute Gasteiger partial charge is 0.161 e. The maximum atomic E-state index is 12.7. The highest BCUT2D eigenvalue weighted by molar-refractivity contribution is 5.81. The highest BCUT2D eigenvalue weighted by Gasteiger charge is 2.05. The van der Waals surface area contributed by atoms with Crippen molar-refractivity contribution in [2.24, 2.45) is 0 Å². The van der Waals surface area contributed by atoms with Gasteiger partial charge in [0.2, 0.25) is 0 Å². The number of benzene rings is 1. The third-order valence-electron chi connectivity index (χ3n) is 2.08. The van der Waals surface area contributed by atoms with E-state index in [-0.39, 0.29) is 17.2 Å². The Morgan fingerprint density at radius 1 is 1.25 bits per heavy atom. The van der Waals surface area contributed by atoms with Gasteiger partial charge in [-0.2, -0.15) is 0 Å². The second-order valence-corrected chi connectivity index (χ2v) is 3.16. The van der Waals surface area contributed by atoms with E-state index in [1.165, 1.54) is 18.3 Å². The van der Waals surface area contributed by atoms with Crippen molar-refractivity contribution in [3.63, 3.8) is 0 Å². The molecular weight excluding hydrogens is 209 g/mol. The number of nitrogen functional groups attached to an aromatic ring is 1. The zero-order valence-corrected chi connectivity index (χ0v) is 8.22. The van der Waals surface area contributed by atoms with Crippen molar-refractivity contribution in [2.45, 2.75) is 0 Å². The van der Waals surface area contributed by atoms with Crippen LogP contribution in [0.1, 0.15) is 10.4 Å². The fourth-order valence-corrected chi connectivity index (χ4v) is 1.23. The molecule has 0 atom stereocenters. The first-order valence-corrected chi connectivity index (χ1v) is 4.54. The van der Waals surface area contributed by atoms with Gasteiger partial charge >= 0.3 is 0 Å². The summed E-state index contributed by atoms with van der Waals surface area (Å²) < 4.78 is 12.7. The zero-order chi connectivity index (χ0) is 11.5. The first kappa shape index (κ1) is 10.2. The van der Waals surface area contributed by atoms with Gasteiger partial charge < -0.3 is 5.73 Å². The van der Waals surface area contributed by atoms with Crippen LogP contribution in [-0.4, -0.2) is 16.3 Å². The van der Waals surface area contributed by atoms with Gasteiger partial charge in [-0.1, -0.05) is 0 Å². The molecule has 0 fully saturated rings. The summed E-state index contributed by atoms with van der Waals surface area (Å²) in [7, 11) is 0. The van der Waals surface area contributed by atoms with E-state index in [4.69, 9.17) is 5.73 Å². The molecule has 0 saturated carbocycles. The molecule has 0 aliphatic rings. The summed E-state index contributed by atoms with van der Waals surface area (Å²) in [5, 5.41) is 0. The molecule has 0 spiro atoms. The van der Waals surface area contributed by atoms with Crippen LogP contribution in [-0.2, 0) is 0 Å². The average molecular weight is 217 g/mol. The van der Waals surface area contributed by atoms with E-state index in [1.54, 1.807) is 12.1 Å². The number of carbonyl (C=O) groups excluding carboxylic acids is 1. The Kier molecular flexibility index (Phi) is 2.59. The van der Waals surface area contributed by atoms with Crippen LogP contribution in [0.3, 0.4) is 0 Å². The highest BCUT2D eigenvalue weighted by atomic mass is 19.1. The lowest BCUT2D eigenvalue weighted by atomic mass is 10.2. The number of hydrogen-bond acceptors (Lipinski definition) is 4. The molecule has 4 nitrogen and oxygen atoms in total. The van der Waals surface area contributed by atoms with Crippen LogP contribution in [0.5, 0.6) is 0 Å². The molecule has 2 N–H and O–H groups in total. The predicted molar refractivity (Wildman–Crippen MR) is 57.2 cm³/mol. The molecule has 1 heterocycles. The number of carbonyl (C=O) groups is 1. The molecule has 2 aromatic rings. The standard InChI is InChI=1S/C11H8FN3O/c12-9-3-1-7(2-4-9)11-14-5-8(6-16)10(13)15-11/h1-6H,(H2,13,14,15). The van der Waals surface area contributed by atoms with Crippen molar-refractivity contribution in [3.05, 3.63) is 41.8 Å². The van der Waals surface area contributed by atoms with E-state index in [1.807, 2.05) is 0 Å². The summed E-state index contributed by atoms with van der Waals surface area (Å²) in [5.41, 5.74) is 6.43. The van der Waals surface area contributed by atoms with Gasteiger partial charge in [0, 0.05) is 11.8 Å². The Bertz CT molecular complexity index is 525. The number of aldehydes is 1. The second-order valence-electron chi connectivity index (χ2n) is 3.16. The molecule has 0 amide bonds. The first-order valence-electron chi connectivity index (χ1n) is 4.54. The SMILES string of the molecule is Nc1nc(-c2ccc(F)cc2)ncc1C=O. The number of nitrogens with two attached hydrogens (primary N) is 1. The molecule has 5 heteroatoms. The number of anilines is 1. The quantitative estimate of drug-likeness (QED) is 0.777. The summed E-state index contributed by atoms with van der Waals surface area (Å²) >= 11 is 0. The van der Waals surface area contributed by atoms with Crippen molar-refractivity contribution < 1.29 is 9.18 Å². The van der Waals surface area contributed by atoms with Crippen molar-refractivity contribution in [3.8, 4) is 11.4 Å². The fourth-order valence-electron chi connectivity index (χ4n) is 1.23. The Morgan fingerprint density at radius 3 is 2.50 bits per heavy atom. The third-order valence-corrected chi connectivity index (χ3v) is 2.08. The molecule has 0 radical (unpaired) electrons. The lowest BCUT2D eigenvalue weighted by Gasteiger charge is -2.02. The summed E-state index contributed by atoms with van der Waals surface area (Å²) in [6.45, 7) is 0. The van der Waals surface area contributed by atoms with E-state index >= 15 is 0 Å². The number of hydrogen-bond donors (Lipinski definition) is 1. The van der Waals surface area contributed by atoms with Crippen LogP contribution in [0.4, 0.5) is 10.2 Å². The van der Waals surface area contributed by atoms with E-state index in [2.05, 4.69) is 9.97 Å². The van der Waals surface area contributed by atoms with Crippen LogP contribution < -0.4 is 5.73 Å². The number of aromatic nitrogens is 2. The Balaban J connectivity index is 2.45. The molecule has 1 aromatic carbocycles. The van der Waals surface area contributed by atoms with E-state index in [0.717, 1.165) is 0 Å². The first-order chi connectivity index (χ1) is 7.70. The third kappa shape index (κ3) is 1.88. The highest BCUT2D eigenvalue weighted by Crippen LogP contribution is 2.17. The van der Waals surface area contributed by atoms with E-state index < -0.39 is 0 Å². The Morgan fingerprint density at radius 2 is 1.94 bits per heavy atom. The normalized spacial score (nSPS) is 10.1. The Hall–Kier alpha value is -2.30. The van der Waals surface area contributed by atoms with Crippen LogP contribution in [0.15, 0.2) is 30.5 Å². The molecule has 80 valence electrons. The van der Waals surface area contributed by atoms with Gasteiger partial charge in [0.15, 0.2) is 12.1 Å². The maximum absolute atomic E-state index is 12.7. The van der Waals surface area contributed by atoms with Crippen molar-refractivity contribution in [1.29, 1.82) is 0 Å². The van der Waals surface area contributed by atoms with Gasteiger partial charge in [0.1, 0.15) is 11.6 Å². The summed E-state index contributed by atoms with van der Waals surface area (Å²) in [6, 6.07) is 5.71. The largest absolute Gasteiger partial charge is 0.383 e. The van der Waals surface area contributed by atoms with Gasteiger partial charge in [0.05, 0.1) is 5.56 Å². The monoisotopic (exact) mass is 217 g/mol. The van der Waals surface area contributed by atoms with E-state index in [9.17, 15) is 9.18 Å². The van der Waals surface area contributed by atoms with Crippen LogP contribution in [0.2, 0.25) is 0 Å². The van der Waals surface area contributed by atoms with Gasteiger partial charge in [-0.05, 0) is 24.3 Å². The van der Waals surface area contributed by atoms with Gasteiger partial charge in [-0.25, -0.2) is 14.4 Å². The molecule has 0 bridgehead atoms. The fraction of sp³-hybridized carbons (Fsp3) is 0. The van der Waals surface area contributed by atoms with Crippen LogP contribution in [0, 0.1) is 5.82 Å². The van der Waals surface area contributed by atoms with Gasteiger partial charge in [-0.3, -0.25) is 4.79 Å². The zero-order valence-electron chi connectivity index (χ0n) is 8.22. The Labute approximate surface area is 91.0 Å².